The molecule has 0 aromatic rings. The molecule has 0 heterocycles. The number of rotatable bonds is 17. The van der Waals surface area contributed by atoms with Crippen LogP contribution in [0.4, 0.5) is 0 Å². The van der Waals surface area contributed by atoms with Gasteiger partial charge in [-0.15, -0.1) is 0 Å². The SMILES string of the molecule is CC/C=C\C/C=C\C/C=C\C/C=C\C/C=C\C/C=C\CCC(=O)NCCCC. The summed E-state index contributed by atoms with van der Waals surface area (Å²) < 4.78 is 0. The van der Waals surface area contributed by atoms with Gasteiger partial charge in [0.2, 0.25) is 5.91 Å². The predicted molar refractivity (Wildman–Crippen MR) is 125 cm³/mol. The molecule has 0 atom stereocenters. The smallest absolute Gasteiger partial charge is 0.220 e. The van der Waals surface area contributed by atoms with E-state index in [4.69, 9.17) is 0 Å². The Balaban J connectivity index is 3.54. The third-order valence-corrected chi connectivity index (χ3v) is 3.99. The lowest BCUT2D eigenvalue weighted by atomic mass is 10.2. The van der Waals surface area contributed by atoms with Gasteiger partial charge in [0.25, 0.3) is 0 Å². The number of amides is 1. The average molecular weight is 384 g/mol. The number of carbonyl (C=O) groups excluding carboxylic acids is 1. The third kappa shape index (κ3) is 22.0. The van der Waals surface area contributed by atoms with Crippen LogP contribution in [-0.4, -0.2) is 12.5 Å². The molecular weight excluding hydrogens is 342 g/mol. The lowest BCUT2D eigenvalue weighted by Crippen LogP contribution is -2.23. The molecule has 0 saturated carbocycles. The van der Waals surface area contributed by atoms with Crippen LogP contribution in [-0.2, 0) is 4.79 Å². The molecular formula is C26H41NO. The molecule has 0 aliphatic rings. The number of carbonyl (C=O) groups is 1. The minimum atomic E-state index is 0.160. The van der Waals surface area contributed by atoms with Gasteiger partial charge >= 0.3 is 0 Å². The van der Waals surface area contributed by atoms with Crippen LogP contribution >= 0.6 is 0 Å². The van der Waals surface area contributed by atoms with Crippen LogP contribution in [0, 0.1) is 0 Å². The summed E-state index contributed by atoms with van der Waals surface area (Å²) in [5.41, 5.74) is 0. The van der Waals surface area contributed by atoms with Crippen molar-refractivity contribution in [2.24, 2.45) is 0 Å². The highest BCUT2D eigenvalue weighted by atomic mass is 16.1. The first-order chi connectivity index (χ1) is 13.8. The van der Waals surface area contributed by atoms with E-state index >= 15 is 0 Å². The van der Waals surface area contributed by atoms with Gasteiger partial charge in [-0.1, -0.05) is 93.2 Å². The van der Waals surface area contributed by atoms with Crippen molar-refractivity contribution >= 4 is 5.91 Å². The van der Waals surface area contributed by atoms with Crippen molar-refractivity contribution in [1.29, 1.82) is 0 Å². The van der Waals surface area contributed by atoms with E-state index in [1.807, 2.05) is 0 Å². The highest BCUT2D eigenvalue weighted by molar-refractivity contribution is 5.75. The maximum Gasteiger partial charge on any atom is 0.220 e. The number of nitrogens with one attached hydrogen (secondary N) is 1. The molecule has 0 aromatic heterocycles. The quantitative estimate of drug-likeness (QED) is 0.206. The van der Waals surface area contributed by atoms with Crippen molar-refractivity contribution in [3.8, 4) is 0 Å². The standard InChI is InChI=1S/C26H41NO/c1-3-5-7-8-9-10-11-12-13-14-15-16-17-18-19-20-21-22-23-24-26(28)27-25-6-4-2/h5,7,9-10,12-13,15-16,18-19,21-22H,3-4,6,8,11,14,17,20,23-25H2,1-2H3,(H,27,28)/b7-5-,10-9-,13-12-,16-15-,19-18-,22-21-. The fraction of sp³-hybridized carbons (Fsp3) is 0.500. The second-order valence-corrected chi connectivity index (χ2v) is 6.66. The van der Waals surface area contributed by atoms with Gasteiger partial charge in [0, 0.05) is 13.0 Å². The maximum absolute atomic E-state index is 11.5. The average Bonchev–Trinajstić information content (AvgIpc) is 2.70. The van der Waals surface area contributed by atoms with Gasteiger partial charge in [-0.25, -0.2) is 0 Å². The van der Waals surface area contributed by atoms with Gasteiger partial charge in [0.05, 0.1) is 0 Å². The minimum Gasteiger partial charge on any atom is -0.356 e. The second-order valence-electron chi connectivity index (χ2n) is 6.66. The third-order valence-electron chi connectivity index (χ3n) is 3.99. The van der Waals surface area contributed by atoms with E-state index in [1.165, 1.54) is 0 Å². The first-order valence-electron chi connectivity index (χ1n) is 11.0. The van der Waals surface area contributed by atoms with E-state index in [0.717, 1.165) is 64.3 Å². The van der Waals surface area contributed by atoms with Crippen molar-refractivity contribution in [3.63, 3.8) is 0 Å². The van der Waals surface area contributed by atoms with Crippen LogP contribution in [0.1, 0.15) is 78.1 Å². The lowest BCUT2D eigenvalue weighted by Gasteiger charge is -2.01. The first kappa shape index (κ1) is 25.9. The Hall–Kier alpha value is -2.09. The summed E-state index contributed by atoms with van der Waals surface area (Å²) in [6.45, 7) is 5.09. The van der Waals surface area contributed by atoms with Crippen LogP contribution in [0.5, 0.6) is 0 Å². The molecule has 2 nitrogen and oxygen atoms in total. The highest BCUT2D eigenvalue weighted by Gasteiger charge is 1.96. The van der Waals surface area contributed by atoms with Crippen molar-refractivity contribution in [1.82, 2.24) is 5.32 Å². The van der Waals surface area contributed by atoms with E-state index in [2.05, 4.69) is 92.1 Å². The predicted octanol–water partition coefficient (Wildman–Crippen LogP) is 7.38. The van der Waals surface area contributed by atoms with E-state index in [0.29, 0.717) is 6.42 Å². The molecule has 2 heteroatoms. The van der Waals surface area contributed by atoms with Crippen LogP contribution in [0.3, 0.4) is 0 Å². The molecule has 156 valence electrons. The molecule has 0 bridgehead atoms. The molecule has 0 radical (unpaired) electrons. The van der Waals surface area contributed by atoms with Crippen LogP contribution in [0.15, 0.2) is 72.9 Å². The monoisotopic (exact) mass is 383 g/mol. The zero-order valence-electron chi connectivity index (χ0n) is 18.1. The van der Waals surface area contributed by atoms with Crippen molar-refractivity contribution in [2.75, 3.05) is 6.54 Å². The van der Waals surface area contributed by atoms with Crippen molar-refractivity contribution in [2.45, 2.75) is 78.1 Å². The van der Waals surface area contributed by atoms with Crippen LogP contribution < -0.4 is 5.32 Å². The second kappa shape index (κ2) is 23.0. The molecule has 0 aliphatic heterocycles. The fourth-order valence-corrected chi connectivity index (χ4v) is 2.35. The fourth-order valence-electron chi connectivity index (χ4n) is 2.35. The van der Waals surface area contributed by atoms with Gasteiger partial charge in [0.15, 0.2) is 0 Å². The van der Waals surface area contributed by atoms with Crippen LogP contribution in [0.25, 0.3) is 0 Å². The van der Waals surface area contributed by atoms with Gasteiger partial charge in [-0.05, 0) is 51.4 Å². The Morgan fingerprint density at radius 3 is 1.50 bits per heavy atom. The van der Waals surface area contributed by atoms with E-state index < -0.39 is 0 Å². The Morgan fingerprint density at radius 1 is 0.643 bits per heavy atom. The number of hydrogen-bond acceptors (Lipinski definition) is 1. The molecule has 0 fully saturated rings. The molecule has 1 N–H and O–H groups in total. The van der Waals surface area contributed by atoms with Crippen molar-refractivity contribution in [3.05, 3.63) is 72.9 Å². The Morgan fingerprint density at radius 2 is 1.07 bits per heavy atom. The van der Waals surface area contributed by atoms with Gasteiger partial charge in [0.1, 0.15) is 0 Å². The zero-order chi connectivity index (χ0) is 20.5. The summed E-state index contributed by atoms with van der Waals surface area (Å²) in [5.74, 6) is 0.160. The Bertz CT molecular complexity index is 521. The van der Waals surface area contributed by atoms with Gasteiger partial charge in [-0.2, -0.15) is 0 Å². The molecule has 0 saturated heterocycles. The summed E-state index contributed by atoms with van der Waals surface area (Å²) in [5, 5.41) is 2.94. The van der Waals surface area contributed by atoms with Gasteiger partial charge in [-0.3, -0.25) is 4.79 Å². The first-order valence-corrected chi connectivity index (χ1v) is 11.0. The summed E-state index contributed by atoms with van der Waals surface area (Å²) >= 11 is 0. The number of allylic oxidation sites excluding steroid dienone is 12. The number of unbranched alkanes of at least 4 members (excludes halogenated alkanes) is 1. The van der Waals surface area contributed by atoms with E-state index in [9.17, 15) is 4.79 Å². The minimum absolute atomic E-state index is 0.160. The Labute approximate surface area is 173 Å². The Kier molecular flexibility index (Phi) is 21.2. The lowest BCUT2D eigenvalue weighted by molar-refractivity contribution is -0.121. The highest BCUT2D eigenvalue weighted by Crippen LogP contribution is 1.98. The molecule has 0 unspecified atom stereocenters. The summed E-state index contributed by atoms with van der Waals surface area (Å²) in [7, 11) is 0. The molecule has 0 aliphatic carbocycles. The number of hydrogen-bond donors (Lipinski definition) is 1. The van der Waals surface area contributed by atoms with E-state index in [1.54, 1.807) is 0 Å². The molecule has 1 amide bonds. The van der Waals surface area contributed by atoms with E-state index in [-0.39, 0.29) is 5.91 Å². The molecule has 0 spiro atoms. The zero-order valence-corrected chi connectivity index (χ0v) is 18.1. The largest absolute Gasteiger partial charge is 0.356 e. The summed E-state index contributed by atoms with van der Waals surface area (Å²) in [6.07, 6.45) is 36.0. The summed E-state index contributed by atoms with van der Waals surface area (Å²) in [4.78, 5) is 11.5. The topological polar surface area (TPSA) is 29.1 Å². The van der Waals surface area contributed by atoms with Crippen LogP contribution in [0.2, 0.25) is 0 Å². The normalized spacial score (nSPS) is 12.8. The molecule has 0 rings (SSSR count). The maximum atomic E-state index is 11.5. The van der Waals surface area contributed by atoms with Crippen molar-refractivity contribution < 1.29 is 4.79 Å². The molecule has 0 aromatic carbocycles. The molecule has 28 heavy (non-hydrogen) atoms. The summed E-state index contributed by atoms with van der Waals surface area (Å²) in [6, 6.07) is 0. The van der Waals surface area contributed by atoms with Gasteiger partial charge < -0.3 is 5.32 Å².